The van der Waals surface area contributed by atoms with Gasteiger partial charge in [0.2, 0.25) is 0 Å². The average Bonchev–Trinajstić information content (AvgIpc) is 2.31. The number of anilines is 1. The fourth-order valence-corrected chi connectivity index (χ4v) is 1.15. The summed E-state index contributed by atoms with van der Waals surface area (Å²) in [6.07, 6.45) is 0. The van der Waals surface area contributed by atoms with Crippen LogP contribution in [0.4, 0.5) is 5.69 Å². The van der Waals surface area contributed by atoms with Crippen LogP contribution in [0.1, 0.15) is 5.56 Å². The van der Waals surface area contributed by atoms with E-state index in [9.17, 15) is 0 Å². The first-order valence-electron chi connectivity index (χ1n) is 5.01. The summed E-state index contributed by atoms with van der Waals surface area (Å²) in [5, 5.41) is 8.63. The van der Waals surface area contributed by atoms with E-state index in [4.69, 9.17) is 16.6 Å². The van der Waals surface area contributed by atoms with Crippen molar-refractivity contribution in [2.24, 2.45) is 5.73 Å². The molecule has 2 aromatic rings. The Balaban J connectivity index is 0.000000165. The van der Waals surface area contributed by atoms with Crippen LogP contribution in [0.15, 0.2) is 54.6 Å². The first-order valence-corrected chi connectivity index (χ1v) is 5.01. The quantitative estimate of drug-likeness (QED) is 0.639. The van der Waals surface area contributed by atoms with E-state index in [0.29, 0.717) is 12.3 Å². The number of hydrogen-bond acceptors (Lipinski definition) is 3. The summed E-state index contributed by atoms with van der Waals surface area (Å²) < 4.78 is 0. The Hall–Kier alpha value is -2.00. The van der Waals surface area contributed by atoms with Crippen LogP contribution >= 0.6 is 0 Å². The Labute approximate surface area is 95.3 Å². The molecule has 0 heterocycles. The third-order valence-corrected chi connectivity index (χ3v) is 1.94. The lowest BCUT2D eigenvalue weighted by Crippen LogP contribution is -1.96. The minimum atomic E-state index is 0.322. The molecule has 0 aliphatic heterocycles. The van der Waals surface area contributed by atoms with Crippen LogP contribution in [0.3, 0.4) is 0 Å². The van der Waals surface area contributed by atoms with Crippen LogP contribution in [0.25, 0.3) is 0 Å². The minimum absolute atomic E-state index is 0.322. The van der Waals surface area contributed by atoms with Gasteiger partial charge in [-0.3, -0.25) is 0 Å². The van der Waals surface area contributed by atoms with Crippen molar-refractivity contribution in [1.82, 2.24) is 0 Å². The highest BCUT2D eigenvalue weighted by Crippen LogP contribution is 2.04. The van der Waals surface area contributed by atoms with Crippen molar-refractivity contribution in [2.45, 2.75) is 6.54 Å². The molecule has 84 valence electrons. The number of phenolic OH excluding ortho intramolecular Hbond substituents is 1. The zero-order valence-corrected chi connectivity index (χ0v) is 9.01. The second-order valence-electron chi connectivity index (χ2n) is 3.28. The fourth-order valence-electron chi connectivity index (χ4n) is 1.15. The minimum Gasteiger partial charge on any atom is -0.508 e. The van der Waals surface area contributed by atoms with Gasteiger partial charge in [0.05, 0.1) is 0 Å². The lowest BCUT2D eigenvalue weighted by Gasteiger charge is -1.95. The highest BCUT2D eigenvalue weighted by atomic mass is 16.3. The van der Waals surface area contributed by atoms with Crippen molar-refractivity contribution >= 4 is 5.69 Å². The van der Waals surface area contributed by atoms with E-state index < -0.39 is 0 Å². The van der Waals surface area contributed by atoms with Crippen molar-refractivity contribution < 1.29 is 5.11 Å². The monoisotopic (exact) mass is 216 g/mol. The van der Waals surface area contributed by atoms with Gasteiger partial charge in [-0.15, -0.1) is 0 Å². The summed E-state index contributed by atoms with van der Waals surface area (Å²) in [6, 6.07) is 16.3. The molecule has 5 N–H and O–H groups in total. The molecule has 3 nitrogen and oxygen atoms in total. The smallest absolute Gasteiger partial charge is 0.115 e. The molecule has 3 heteroatoms. The Bertz CT molecular complexity index is 415. The van der Waals surface area contributed by atoms with Gasteiger partial charge in [-0.1, -0.05) is 30.3 Å². The van der Waals surface area contributed by atoms with E-state index in [2.05, 4.69) is 0 Å². The van der Waals surface area contributed by atoms with Crippen LogP contribution in [0.5, 0.6) is 5.75 Å². The molecular weight excluding hydrogens is 200 g/mol. The summed E-state index contributed by atoms with van der Waals surface area (Å²) in [5.41, 5.74) is 12.7. The molecule has 0 fully saturated rings. The predicted molar refractivity (Wildman–Crippen MR) is 66.9 cm³/mol. The number of aromatic hydroxyl groups is 1. The van der Waals surface area contributed by atoms with Gasteiger partial charge in [-0.05, 0) is 29.8 Å². The zero-order chi connectivity index (χ0) is 11.8. The van der Waals surface area contributed by atoms with Gasteiger partial charge in [0.15, 0.2) is 0 Å². The molecule has 0 bridgehead atoms. The molecule has 0 spiro atoms. The molecule has 2 rings (SSSR count). The van der Waals surface area contributed by atoms with Crippen LogP contribution in [0.2, 0.25) is 0 Å². The van der Waals surface area contributed by atoms with E-state index >= 15 is 0 Å². The van der Waals surface area contributed by atoms with E-state index in [1.165, 1.54) is 0 Å². The SMILES string of the molecule is NCc1cccc(N)c1.Oc1ccccc1. The summed E-state index contributed by atoms with van der Waals surface area (Å²) in [7, 11) is 0. The average molecular weight is 216 g/mol. The van der Waals surface area contributed by atoms with Gasteiger partial charge in [-0.2, -0.15) is 0 Å². The highest BCUT2D eigenvalue weighted by molar-refractivity contribution is 5.40. The molecule has 0 unspecified atom stereocenters. The second-order valence-corrected chi connectivity index (χ2v) is 3.28. The number of nitrogens with two attached hydrogens (primary N) is 2. The van der Waals surface area contributed by atoms with E-state index in [1.807, 2.05) is 30.3 Å². The molecular formula is C13H16N2O. The number of nitrogen functional groups attached to an aromatic ring is 1. The summed E-state index contributed by atoms with van der Waals surface area (Å²) in [6.45, 7) is 0.561. The standard InChI is InChI=1S/C7H10N2.C6H6O/c8-5-6-2-1-3-7(9)4-6;7-6-4-2-1-3-5-6/h1-4H,5,8-9H2;1-5,7H. The van der Waals surface area contributed by atoms with Gasteiger partial charge >= 0.3 is 0 Å². The fraction of sp³-hybridized carbons (Fsp3) is 0.0769. The third kappa shape index (κ3) is 4.48. The molecule has 0 saturated carbocycles. The van der Waals surface area contributed by atoms with E-state index in [1.54, 1.807) is 24.3 Å². The lowest BCUT2D eigenvalue weighted by atomic mass is 10.2. The number of rotatable bonds is 1. The Morgan fingerprint density at radius 2 is 1.62 bits per heavy atom. The van der Waals surface area contributed by atoms with Crippen LogP contribution < -0.4 is 11.5 Å². The van der Waals surface area contributed by atoms with Gasteiger partial charge < -0.3 is 16.6 Å². The molecule has 16 heavy (non-hydrogen) atoms. The lowest BCUT2D eigenvalue weighted by molar-refractivity contribution is 0.475. The molecule has 2 aromatic carbocycles. The third-order valence-electron chi connectivity index (χ3n) is 1.94. The number of para-hydroxylation sites is 1. The number of benzene rings is 2. The van der Waals surface area contributed by atoms with Gasteiger partial charge in [0.25, 0.3) is 0 Å². The molecule has 0 saturated heterocycles. The maximum Gasteiger partial charge on any atom is 0.115 e. The Morgan fingerprint density at radius 3 is 2.00 bits per heavy atom. The van der Waals surface area contributed by atoms with Gasteiger partial charge in [0.1, 0.15) is 5.75 Å². The van der Waals surface area contributed by atoms with Crippen LogP contribution in [-0.4, -0.2) is 5.11 Å². The molecule has 0 radical (unpaired) electrons. The van der Waals surface area contributed by atoms with Gasteiger partial charge in [-0.25, -0.2) is 0 Å². The van der Waals surface area contributed by atoms with Crippen LogP contribution in [-0.2, 0) is 6.54 Å². The number of hydrogen-bond donors (Lipinski definition) is 3. The van der Waals surface area contributed by atoms with Crippen molar-refractivity contribution in [3.05, 3.63) is 60.2 Å². The normalized spacial score (nSPS) is 9.06. The summed E-state index contributed by atoms with van der Waals surface area (Å²) >= 11 is 0. The van der Waals surface area contributed by atoms with Crippen molar-refractivity contribution in [3.8, 4) is 5.75 Å². The molecule has 0 atom stereocenters. The predicted octanol–water partition coefficient (Wildman–Crippen LogP) is 2.12. The van der Waals surface area contributed by atoms with Gasteiger partial charge in [0, 0.05) is 12.2 Å². The molecule has 0 amide bonds. The second kappa shape index (κ2) is 6.48. The van der Waals surface area contributed by atoms with E-state index in [-0.39, 0.29) is 0 Å². The Kier molecular flexibility index (Phi) is 4.89. The summed E-state index contributed by atoms with van der Waals surface area (Å²) in [4.78, 5) is 0. The Morgan fingerprint density at radius 1 is 0.938 bits per heavy atom. The summed E-state index contributed by atoms with van der Waals surface area (Å²) in [5.74, 6) is 0.322. The maximum absolute atomic E-state index is 8.63. The molecule has 0 aliphatic rings. The van der Waals surface area contributed by atoms with Crippen molar-refractivity contribution in [1.29, 1.82) is 0 Å². The van der Waals surface area contributed by atoms with Crippen molar-refractivity contribution in [2.75, 3.05) is 5.73 Å². The maximum atomic E-state index is 8.63. The zero-order valence-electron chi connectivity index (χ0n) is 9.01. The highest BCUT2D eigenvalue weighted by Gasteiger charge is 1.86. The largest absolute Gasteiger partial charge is 0.508 e. The first-order chi connectivity index (χ1) is 7.72. The van der Waals surface area contributed by atoms with E-state index in [0.717, 1.165) is 11.3 Å². The number of phenols is 1. The molecule has 0 aliphatic carbocycles. The first kappa shape index (κ1) is 12.1. The topological polar surface area (TPSA) is 72.3 Å². The molecule has 0 aromatic heterocycles. The van der Waals surface area contributed by atoms with Crippen molar-refractivity contribution in [3.63, 3.8) is 0 Å². The van der Waals surface area contributed by atoms with Crippen LogP contribution in [0, 0.1) is 0 Å².